The molecule has 0 fully saturated rings. The van der Waals surface area contributed by atoms with Crippen molar-refractivity contribution in [2.45, 2.75) is 26.2 Å². The highest BCUT2D eigenvalue weighted by Gasteiger charge is 2.04. The van der Waals surface area contributed by atoms with Crippen LogP contribution in [-0.2, 0) is 4.79 Å². The Morgan fingerprint density at radius 1 is 1.43 bits per heavy atom. The summed E-state index contributed by atoms with van der Waals surface area (Å²) in [7, 11) is 0. The number of aliphatic hydroxyl groups is 1. The average Bonchev–Trinajstić information content (AvgIpc) is 2.18. The van der Waals surface area contributed by atoms with E-state index in [0.717, 1.165) is 25.9 Å². The van der Waals surface area contributed by atoms with Crippen molar-refractivity contribution in [1.82, 2.24) is 10.3 Å². The van der Waals surface area contributed by atoms with Gasteiger partial charge >= 0.3 is 0 Å². The third-order valence-corrected chi connectivity index (χ3v) is 2.00. The lowest BCUT2D eigenvalue weighted by Gasteiger charge is -2.19. The first-order chi connectivity index (χ1) is 6.74. The minimum Gasteiger partial charge on any atom is -0.395 e. The van der Waals surface area contributed by atoms with Crippen LogP contribution in [0.15, 0.2) is 0 Å². The van der Waals surface area contributed by atoms with Gasteiger partial charge in [-0.2, -0.15) is 0 Å². The van der Waals surface area contributed by atoms with Crippen LogP contribution in [-0.4, -0.2) is 42.2 Å². The van der Waals surface area contributed by atoms with Gasteiger partial charge in [-0.05, 0) is 25.9 Å². The molecule has 0 heterocycles. The van der Waals surface area contributed by atoms with Crippen LogP contribution < -0.4 is 11.3 Å². The van der Waals surface area contributed by atoms with Gasteiger partial charge < -0.3 is 10.0 Å². The molecule has 0 aliphatic carbocycles. The standard InChI is InChI=1S/C9H21N3O2/c1-2-5-12(7-8-13)6-3-4-9(14)11-10/h13H,2-8,10H2,1H3,(H,11,14). The molecule has 0 aromatic rings. The summed E-state index contributed by atoms with van der Waals surface area (Å²) < 4.78 is 0. The fourth-order valence-electron chi connectivity index (χ4n) is 1.33. The molecule has 84 valence electrons. The molecule has 0 rings (SSSR count). The van der Waals surface area contributed by atoms with Gasteiger partial charge in [0.15, 0.2) is 0 Å². The van der Waals surface area contributed by atoms with Gasteiger partial charge in [-0.3, -0.25) is 10.2 Å². The van der Waals surface area contributed by atoms with Crippen molar-refractivity contribution >= 4 is 5.91 Å². The van der Waals surface area contributed by atoms with Gasteiger partial charge in [0.25, 0.3) is 0 Å². The van der Waals surface area contributed by atoms with Crippen LogP contribution in [0.5, 0.6) is 0 Å². The van der Waals surface area contributed by atoms with Crippen LogP contribution in [0.2, 0.25) is 0 Å². The Hall–Kier alpha value is -0.650. The lowest BCUT2D eigenvalue weighted by Crippen LogP contribution is -2.32. The molecule has 5 nitrogen and oxygen atoms in total. The topological polar surface area (TPSA) is 78.6 Å². The molecule has 0 spiro atoms. The van der Waals surface area contributed by atoms with Gasteiger partial charge in [0, 0.05) is 13.0 Å². The number of amides is 1. The highest BCUT2D eigenvalue weighted by molar-refractivity contribution is 5.75. The number of nitrogens with one attached hydrogen (secondary N) is 1. The first-order valence-corrected chi connectivity index (χ1v) is 5.07. The van der Waals surface area contributed by atoms with E-state index >= 15 is 0 Å². The average molecular weight is 203 g/mol. The third-order valence-electron chi connectivity index (χ3n) is 2.00. The molecule has 5 heteroatoms. The molecule has 0 aliphatic rings. The quantitative estimate of drug-likeness (QED) is 0.281. The lowest BCUT2D eigenvalue weighted by molar-refractivity contribution is -0.121. The summed E-state index contributed by atoms with van der Waals surface area (Å²) in [4.78, 5) is 12.9. The predicted molar refractivity (Wildman–Crippen MR) is 55.4 cm³/mol. The molecule has 0 saturated carbocycles. The zero-order valence-corrected chi connectivity index (χ0v) is 8.83. The van der Waals surface area contributed by atoms with Crippen LogP contribution in [0.1, 0.15) is 26.2 Å². The number of carbonyl (C=O) groups excluding carboxylic acids is 1. The van der Waals surface area contributed by atoms with Crippen molar-refractivity contribution in [2.24, 2.45) is 5.84 Å². The van der Waals surface area contributed by atoms with Gasteiger partial charge in [0.2, 0.25) is 5.91 Å². The van der Waals surface area contributed by atoms with Crippen molar-refractivity contribution in [3.05, 3.63) is 0 Å². The Morgan fingerprint density at radius 2 is 2.14 bits per heavy atom. The maximum Gasteiger partial charge on any atom is 0.233 e. The minimum absolute atomic E-state index is 0.134. The van der Waals surface area contributed by atoms with E-state index < -0.39 is 0 Å². The number of aliphatic hydroxyl groups excluding tert-OH is 1. The Kier molecular flexibility index (Phi) is 8.51. The van der Waals surface area contributed by atoms with Gasteiger partial charge in [0.05, 0.1) is 6.61 Å². The van der Waals surface area contributed by atoms with Crippen molar-refractivity contribution in [2.75, 3.05) is 26.2 Å². The molecule has 14 heavy (non-hydrogen) atoms. The summed E-state index contributed by atoms with van der Waals surface area (Å²) in [5.41, 5.74) is 2.10. The minimum atomic E-state index is -0.134. The van der Waals surface area contributed by atoms with Crippen LogP contribution in [0.25, 0.3) is 0 Å². The highest BCUT2D eigenvalue weighted by Crippen LogP contribution is 1.96. The normalized spacial score (nSPS) is 10.6. The van der Waals surface area contributed by atoms with Crippen molar-refractivity contribution < 1.29 is 9.90 Å². The molecule has 0 radical (unpaired) electrons. The molecule has 0 aromatic carbocycles. The first-order valence-electron chi connectivity index (χ1n) is 5.07. The van der Waals surface area contributed by atoms with E-state index in [2.05, 4.69) is 17.2 Å². The fraction of sp³-hybridized carbons (Fsp3) is 0.889. The zero-order chi connectivity index (χ0) is 10.8. The van der Waals surface area contributed by atoms with E-state index in [4.69, 9.17) is 10.9 Å². The lowest BCUT2D eigenvalue weighted by atomic mass is 10.2. The van der Waals surface area contributed by atoms with E-state index in [0.29, 0.717) is 13.0 Å². The van der Waals surface area contributed by atoms with Gasteiger partial charge in [-0.15, -0.1) is 0 Å². The molecule has 0 unspecified atom stereocenters. The Labute approximate surface area is 85.2 Å². The van der Waals surface area contributed by atoms with Crippen LogP contribution in [0.3, 0.4) is 0 Å². The Balaban J connectivity index is 3.54. The van der Waals surface area contributed by atoms with E-state index in [1.54, 1.807) is 0 Å². The summed E-state index contributed by atoms with van der Waals surface area (Å²) >= 11 is 0. The molecular weight excluding hydrogens is 182 g/mol. The molecular formula is C9H21N3O2. The summed E-state index contributed by atoms with van der Waals surface area (Å²) in [6, 6.07) is 0. The highest BCUT2D eigenvalue weighted by atomic mass is 16.3. The maximum atomic E-state index is 10.8. The predicted octanol–water partition coefficient (Wildman–Crippen LogP) is -0.539. The monoisotopic (exact) mass is 203 g/mol. The summed E-state index contributed by atoms with van der Waals surface area (Å²) in [5, 5.41) is 8.78. The molecule has 4 N–H and O–H groups in total. The Morgan fingerprint density at radius 3 is 2.64 bits per heavy atom. The van der Waals surface area contributed by atoms with E-state index in [9.17, 15) is 4.79 Å². The summed E-state index contributed by atoms with van der Waals surface area (Å²) in [6.45, 7) is 4.74. The van der Waals surface area contributed by atoms with Crippen LogP contribution in [0.4, 0.5) is 0 Å². The van der Waals surface area contributed by atoms with Crippen LogP contribution in [0, 0.1) is 0 Å². The molecule has 0 atom stereocenters. The number of nitrogens with zero attached hydrogens (tertiary/aromatic N) is 1. The number of hydrazine groups is 1. The SMILES string of the molecule is CCCN(CCO)CCCC(=O)NN. The van der Waals surface area contributed by atoms with Crippen molar-refractivity contribution in [1.29, 1.82) is 0 Å². The summed E-state index contributed by atoms with van der Waals surface area (Å²) in [5.74, 6) is 4.82. The number of nitrogens with two attached hydrogens (primary N) is 1. The van der Waals surface area contributed by atoms with Gasteiger partial charge in [0.1, 0.15) is 0 Å². The second-order valence-corrected chi connectivity index (χ2v) is 3.24. The third kappa shape index (κ3) is 6.82. The first kappa shape index (κ1) is 13.4. The van der Waals surface area contributed by atoms with E-state index in [1.165, 1.54) is 0 Å². The summed E-state index contributed by atoms with van der Waals surface area (Å²) in [6.07, 6.45) is 2.29. The second kappa shape index (κ2) is 8.93. The molecule has 0 saturated heterocycles. The van der Waals surface area contributed by atoms with Crippen molar-refractivity contribution in [3.63, 3.8) is 0 Å². The van der Waals surface area contributed by atoms with Crippen LogP contribution >= 0.6 is 0 Å². The zero-order valence-electron chi connectivity index (χ0n) is 8.83. The fourth-order valence-corrected chi connectivity index (χ4v) is 1.33. The largest absolute Gasteiger partial charge is 0.395 e. The Bertz CT molecular complexity index is 147. The smallest absolute Gasteiger partial charge is 0.233 e. The molecule has 0 aromatic heterocycles. The molecule has 0 aliphatic heterocycles. The maximum absolute atomic E-state index is 10.8. The van der Waals surface area contributed by atoms with Gasteiger partial charge in [-0.1, -0.05) is 6.92 Å². The van der Waals surface area contributed by atoms with E-state index in [-0.39, 0.29) is 12.5 Å². The number of carbonyl (C=O) groups is 1. The second-order valence-electron chi connectivity index (χ2n) is 3.24. The number of hydrogen-bond donors (Lipinski definition) is 3. The van der Waals surface area contributed by atoms with E-state index in [1.807, 2.05) is 0 Å². The molecule has 0 bridgehead atoms. The number of rotatable bonds is 8. The van der Waals surface area contributed by atoms with Gasteiger partial charge in [-0.25, -0.2) is 5.84 Å². The number of hydrogen-bond acceptors (Lipinski definition) is 4. The molecule has 1 amide bonds. The van der Waals surface area contributed by atoms with Crippen molar-refractivity contribution in [3.8, 4) is 0 Å².